The van der Waals surface area contributed by atoms with Gasteiger partial charge >= 0.3 is 18.1 Å². The number of terminal acetylenes is 1. The Kier molecular flexibility index (Phi) is 25.7. The molecule has 22 nitrogen and oxygen atoms in total. The van der Waals surface area contributed by atoms with Crippen LogP contribution >= 0.6 is 0 Å². The number of ether oxygens (including phenoxy) is 9. The lowest BCUT2D eigenvalue weighted by molar-refractivity contribution is -0.170. The predicted molar refractivity (Wildman–Crippen MR) is 226 cm³/mol. The molecule has 0 radical (unpaired) electrons. The van der Waals surface area contributed by atoms with Gasteiger partial charge in [-0.2, -0.15) is 23.1 Å². The molecule has 3 rings (SSSR count). The maximum atomic E-state index is 13.6. The van der Waals surface area contributed by atoms with Crippen LogP contribution in [0.3, 0.4) is 0 Å². The lowest BCUT2D eigenvalue weighted by Crippen LogP contribution is -2.42. The minimum absolute atomic E-state index is 0.0872. The number of fused-ring (bicyclic) bond motifs is 1. The van der Waals surface area contributed by atoms with Crippen molar-refractivity contribution in [1.29, 1.82) is 0 Å². The lowest BCUT2D eigenvalue weighted by Gasteiger charge is -2.24. The molecule has 0 saturated heterocycles. The van der Waals surface area contributed by atoms with Crippen molar-refractivity contribution in [1.82, 2.24) is 30.6 Å². The number of esters is 1. The van der Waals surface area contributed by atoms with E-state index in [4.69, 9.17) is 54.8 Å². The van der Waals surface area contributed by atoms with Crippen molar-refractivity contribution in [2.45, 2.75) is 31.6 Å². The molecule has 0 aliphatic carbocycles. The van der Waals surface area contributed by atoms with E-state index in [-0.39, 0.29) is 73.3 Å². The molecule has 3 amide bonds. The van der Waals surface area contributed by atoms with Crippen molar-refractivity contribution in [3.63, 3.8) is 0 Å². The standard InChI is InChI=1S/C41H55F3N8O14/c1-3-11-59-13-15-61-17-19-63-21-23-65-25-26-66-24-22-64-20-18-62-16-14-60-12-10-46-33(53)9-8-32(38(56)58-2)49-36(54)29-4-6-31(7-5-29)52(39(57)41(42,43)44)28-30-27-47-35-34(48-30)37(55)51-40(45)50-35/h1,4-7,27,32H,8-26,28H2,2H3,(H,46,53)(H,49,54)(H3,45,47,50,51,55)/t32-/m0/s1. The van der Waals surface area contributed by atoms with Crippen LogP contribution in [0.25, 0.3) is 11.2 Å². The summed E-state index contributed by atoms with van der Waals surface area (Å²) in [4.78, 5) is 66.1. The number of anilines is 2. The van der Waals surface area contributed by atoms with Crippen molar-refractivity contribution in [3.05, 3.63) is 41.7 Å². The maximum Gasteiger partial charge on any atom is 0.471 e. The number of nitrogens with zero attached hydrogens (tertiary/aromatic N) is 5. The van der Waals surface area contributed by atoms with Gasteiger partial charge in [0, 0.05) is 24.2 Å². The SMILES string of the molecule is C#CCOCCOCCOCCOCCOCCOCCOCCOCCNC(=O)CC[C@H](NC(=O)c1ccc(N(Cc2cnc3nc(N)nc(O)c3n2)C(=O)C(F)(F)F)cc1)C(=O)OC. The van der Waals surface area contributed by atoms with Crippen LogP contribution in [0.15, 0.2) is 30.5 Å². The van der Waals surface area contributed by atoms with E-state index >= 15 is 0 Å². The Labute approximate surface area is 378 Å². The molecule has 2 heterocycles. The molecule has 2 aromatic heterocycles. The number of nitrogen functional groups attached to an aromatic ring is 1. The van der Waals surface area contributed by atoms with E-state index < -0.39 is 48.3 Å². The second-order valence-corrected chi connectivity index (χ2v) is 13.4. The van der Waals surface area contributed by atoms with E-state index in [9.17, 15) is 37.5 Å². The van der Waals surface area contributed by atoms with Crippen LogP contribution in [0, 0.1) is 12.3 Å². The molecule has 0 unspecified atom stereocenters. The third kappa shape index (κ3) is 21.4. The highest BCUT2D eigenvalue weighted by molar-refractivity contribution is 5.99. The molecule has 0 aliphatic rings. The van der Waals surface area contributed by atoms with Crippen molar-refractivity contribution in [2.24, 2.45) is 0 Å². The molecule has 0 bridgehead atoms. The number of benzene rings is 1. The van der Waals surface area contributed by atoms with Gasteiger partial charge in [0.25, 0.3) is 5.91 Å². The van der Waals surface area contributed by atoms with Gasteiger partial charge in [-0.15, -0.1) is 6.42 Å². The van der Waals surface area contributed by atoms with E-state index in [0.717, 1.165) is 37.6 Å². The molecule has 3 aromatic rings. The molecular weight excluding hydrogens is 885 g/mol. The molecule has 364 valence electrons. The third-order valence-electron chi connectivity index (χ3n) is 8.51. The fraction of sp³-hybridized carbons (Fsp3) is 0.561. The quantitative estimate of drug-likeness (QED) is 0.0365. The minimum Gasteiger partial charge on any atom is -0.492 e. The summed E-state index contributed by atoms with van der Waals surface area (Å²) in [6.45, 7) is 5.53. The smallest absolute Gasteiger partial charge is 0.471 e. The minimum atomic E-state index is -5.30. The first-order valence-corrected chi connectivity index (χ1v) is 20.5. The lowest BCUT2D eigenvalue weighted by atomic mass is 10.1. The first-order valence-electron chi connectivity index (χ1n) is 20.5. The van der Waals surface area contributed by atoms with Crippen molar-refractivity contribution in [3.8, 4) is 18.2 Å². The Bertz CT molecular complexity index is 1980. The first-order chi connectivity index (χ1) is 31.8. The van der Waals surface area contributed by atoms with Gasteiger partial charge in [0.1, 0.15) is 12.6 Å². The van der Waals surface area contributed by atoms with Gasteiger partial charge in [-0.3, -0.25) is 19.3 Å². The zero-order valence-electron chi connectivity index (χ0n) is 36.4. The number of rotatable bonds is 34. The zero-order valence-corrected chi connectivity index (χ0v) is 36.4. The summed E-state index contributed by atoms with van der Waals surface area (Å²) >= 11 is 0. The summed E-state index contributed by atoms with van der Waals surface area (Å²) < 4.78 is 88.7. The number of hydrogen-bond donors (Lipinski definition) is 4. The maximum absolute atomic E-state index is 13.6. The Morgan fingerprint density at radius 3 is 1.80 bits per heavy atom. The second-order valence-electron chi connectivity index (χ2n) is 13.4. The topological polar surface area (TPSA) is 276 Å². The molecular formula is C41H55F3N8O14. The number of methoxy groups -OCH3 is 1. The Balaban J connectivity index is 1.25. The van der Waals surface area contributed by atoms with Gasteiger partial charge in [-0.1, -0.05) is 5.92 Å². The molecule has 0 saturated carbocycles. The number of aromatic hydroxyl groups is 1. The summed E-state index contributed by atoms with van der Waals surface area (Å²) in [7, 11) is 1.10. The summed E-state index contributed by atoms with van der Waals surface area (Å²) in [5, 5.41) is 15.2. The van der Waals surface area contributed by atoms with Gasteiger partial charge in [0.05, 0.1) is 125 Å². The van der Waals surface area contributed by atoms with Crippen molar-refractivity contribution in [2.75, 3.05) is 130 Å². The highest BCUT2D eigenvalue weighted by Crippen LogP contribution is 2.27. The van der Waals surface area contributed by atoms with Gasteiger partial charge in [-0.25, -0.2) is 14.8 Å². The number of halogens is 3. The van der Waals surface area contributed by atoms with E-state index in [0.29, 0.717) is 90.8 Å². The molecule has 0 aliphatic heterocycles. The first kappa shape index (κ1) is 54.5. The fourth-order valence-electron chi connectivity index (χ4n) is 5.34. The Morgan fingerprint density at radius 1 is 0.788 bits per heavy atom. The highest BCUT2D eigenvalue weighted by atomic mass is 19.4. The summed E-state index contributed by atoms with van der Waals surface area (Å²) in [5.41, 5.74) is 4.56. The molecule has 25 heteroatoms. The molecule has 1 atom stereocenters. The van der Waals surface area contributed by atoms with Gasteiger partial charge in [0.2, 0.25) is 17.7 Å². The number of hydrogen-bond acceptors (Lipinski definition) is 19. The van der Waals surface area contributed by atoms with Crippen LogP contribution in [0.5, 0.6) is 5.88 Å². The van der Waals surface area contributed by atoms with Gasteiger partial charge in [0.15, 0.2) is 11.2 Å². The Hall–Kier alpha value is -5.85. The number of nitrogens with one attached hydrogen (secondary N) is 2. The molecule has 0 fully saturated rings. The monoisotopic (exact) mass is 940 g/mol. The summed E-state index contributed by atoms with van der Waals surface area (Å²) in [5.74, 6) is -2.94. The van der Waals surface area contributed by atoms with E-state index in [1.807, 2.05) is 0 Å². The highest BCUT2D eigenvalue weighted by Gasteiger charge is 2.43. The van der Waals surface area contributed by atoms with Crippen LogP contribution in [0.2, 0.25) is 0 Å². The third-order valence-corrected chi connectivity index (χ3v) is 8.51. The molecule has 5 N–H and O–H groups in total. The van der Waals surface area contributed by atoms with E-state index in [1.54, 1.807) is 0 Å². The van der Waals surface area contributed by atoms with E-state index in [2.05, 4.69) is 36.5 Å². The number of amides is 3. The summed E-state index contributed by atoms with van der Waals surface area (Å²) in [6, 6.07) is 3.18. The van der Waals surface area contributed by atoms with Crippen LogP contribution in [-0.2, 0) is 63.6 Å². The number of nitrogens with two attached hydrogens (primary N) is 1. The van der Waals surface area contributed by atoms with Crippen LogP contribution in [0.1, 0.15) is 28.9 Å². The van der Waals surface area contributed by atoms with Gasteiger partial charge in [-0.05, 0) is 30.7 Å². The van der Waals surface area contributed by atoms with Crippen LogP contribution in [0.4, 0.5) is 24.8 Å². The molecule has 0 spiro atoms. The molecule has 1 aromatic carbocycles. The molecule has 66 heavy (non-hydrogen) atoms. The predicted octanol–water partition coefficient (Wildman–Crippen LogP) is 0.737. The van der Waals surface area contributed by atoms with Crippen LogP contribution in [-0.4, -0.2) is 180 Å². The fourth-order valence-corrected chi connectivity index (χ4v) is 5.34. The second kappa shape index (κ2) is 31.1. The number of carbonyl (C=O) groups excluding carboxylic acids is 4. The number of alkyl halides is 3. The zero-order chi connectivity index (χ0) is 48.0. The largest absolute Gasteiger partial charge is 0.492 e. The normalized spacial score (nSPS) is 11.8. The average molecular weight is 941 g/mol. The average Bonchev–Trinajstić information content (AvgIpc) is 3.30. The summed E-state index contributed by atoms with van der Waals surface area (Å²) in [6.07, 6.45) is 0.506. The van der Waals surface area contributed by atoms with Crippen molar-refractivity contribution >= 4 is 46.5 Å². The van der Waals surface area contributed by atoms with E-state index in [1.165, 1.54) is 0 Å². The van der Waals surface area contributed by atoms with Crippen molar-refractivity contribution < 1.29 is 80.1 Å². The van der Waals surface area contributed by atoms with Gasteiger partial charge < -0.3 is 64.1 Å². The Morgan fingerprint density at radius 2 is 1.30 bits per heavy atom. The number of aromatic nitrogens is 4. The van der Waals surface area contributed by atoms with Crippen LogP contribution < -0.4 is 21.3 Å². The number of carbonyl (C=O) groups is 4.